The third-order valence-corrected chi connectivity index (χ3v) is 17.0. The molecule has 370 valence electrons. The summed E-state index contributed by atoms with van der Waals surface area (Å²) in [5.41, 5.74) is 24.5. The number of para-hydroxylation sites is 1. The second-order valence-electron chi connectivity index (χ2n) is 21.0. The Morgan fingerprint density at radius 2 is 0.658 bits per heavy atom. The van der Waals surface area contributed by atoms with Crippen LogP contribution in [-0.4, -0.2) is 0 Å². The van der Waals surface area contributed by atoms with E-state index < -0.39 is 10.8 Å². The predicted octanol–water partition coefficient (Wildman–Crippen LogP) is 20.0. The molecule has 79 heavy (non-hydrogen) atoms. The van der Waals surface area contributed by atoms with Gasteiger partial charge in [-0.05, 0) is 136 Å². The average molecular weight is 1000 g/mol. The lowest BCUT2D eigenvalue weighted by Crippen LogP contribution is -2.28. The van der Waals surface area contributed by atoms with Crippen LogP contribution < -0.4 is 4.90 Å². The summed E-state index contributed by atoms with van der Waals surface area (Å²) in [5.74, 6) is 0. The van der Waals surface area contributed by atoms with Crippen LogP contribution in [-0.2, 0) is 10.8 Å². The summed E-state index contributed by atoms with van der Waals surface area (Å²) in [6.45, 7) is 0. The Morgan fingerprint density at radius 3 is 1.32 bits per heavy atom. The van der Waals surface area contributed by atoms with Crippen LogP contribution in [0.25, 0.3) is 66.4 Å². The molecule has 0 amide bonds. The van der Waals surface area contributed by atoms with Crippen molar-refractivity contribution in [1.29, 1.82) is 0 Å². The summed E-state index contributed by atoms with van der Waals surface area (Å²) in [5, 5.41) is 2.48. The first kappa shape index (κ1) is 46.2. The van der Waals surface area contributed by atoms with Gasteiger partial charge in [0.15, 0.2) is 0 Å². The molecule has 13 aromatic carbocycles. The van der Waals surface area contributed by atoms with E-state index in [0.717, 1.165) is 33.8 Å². The molecule has 0 aromatic heterocycles. The van der Waals surface area contributed by atoms with E-state index in [1.807, 2.05) is 0 Å². The van der Waals surface area contributed by atoms with Crippen molar-refractivity contribution in [3.05, 3.63) is 366 Å². The monoisotopic (exact) mass is 1000 g/mol. The highest BCUT2D eigenvalue weighted by atomic mass is 15.1. The zero-order valence-corrected chi connectivity index (χ0v) is 43.5. The maximum atomic E-state index is 2.53. The van der Waals surface area contributed by atoms with Gasteiger partial charge in [-0.2, -0.15) is 0 Å². The Labute approximate surface area is 462 Å². The predicted molar refractivity (Wildman–Crippen MR) is 330 cm³/mol. The number of benzene rings is 13. The van der Waals surface area contributed by atoms with Crippen molar-refractivity contribution in [2.24, 2.45) is 0 Å². The van der Waals surface area contributed by atoms with Crippen molar-refractivity contribution >= 4 is 27.8 Å². The highest BCUT2D eigenvalue weighted by Crippen LogP contribution is 2.61. The van der Waals surface area contributed by atoms with E-state index >= 15 is 0 Å². The minimum Gasteiger partial charge on any atom is -0.309 e. The Bertz CT molecular complexity index is 4320. The van der Waals surface area contributed by atoms with Crippen molar-refractivity contribution in [2.45, 2.75) is 10.8 Å². The Kier molecular flexibility index (Phi) is 11.1. The fraction of sp³-hybridized carbons (Fsp3) is 0.0256. The van der Waals surface area contributed by atoms with Gasteiger partial charge in [0.25, 0.3) is 0 Å². The van der Waals surface area contributed by atoms with Gasteiger partial charge in [-0.15, -0.1) is 0 Å². The highest BCUT2D eigenvalue weighted by molar-refractivity contribution is 6.01. The SMILES string of the molecule is c1ccc(C2(c3ccccc3)c3ccccc3-c3ccc(-c4ccc(N(c5ccccc5-c5cccc(-c6cccc7ccccc67)c5)c5cccc6c5-c5ccccc5C6(c5ccccc5)c5ccccc5)cc4)cc32)cc1. The first-order valence-electron chi connectivity index (χ1n) is 27.5. The second kappa shape index (κ2) is 18.9. The van der Waals surface area contributed by atoms with E-state index in [1.54, 1.807) is 0 Å². The second-order valence-corrected chi connectivity index (χ2v) is 21.0. The van der Waals surface area contributed by atoms with Crippen LogP contribution in [0.4, 0.5) is 17.1 Å². The van der Waals surface area contributed by atoms with Crippen molar-refractivity contribution in [1.82, 2.24) is 0 Å². The van der Waals surface area contributed by atoms with Crippen LogP contribution in [0.5, 0.6) is 0 Å². The molecule has 0 saturated heterocycles. The normalized spacial score (nSPS) is 13.3. The molecule has 0 unspecified atom stereocenters. The highest BCUT2D eigenvalue weighted by Gasteiger charge is 2.48. The summed E-state index contributed by atoms with van der Waals surface area (Å²) in [6.07, 6.45) is 0. The molecule has 0 fully saturated rings. The molecule has 0 spiro atoms. The first-order valence-corrected chi connectivity index (χ1v) is 27.5. The summed E-state index contributed by atoms with van der Waals surface area (Å²) in [7, 11) is 0. The molecule has 2 aliphatic carbocycles. The standard InChI is InChI=1S/C78H53N/c1-5-28-59(29-6-1)77(60-30-7-2-8-31-60)71-42-19-16-39-69(71)76-72(77)43-23-45-75(76)79(74-44-20-17-37-66(74)58-27-21-26-57(52-58)65-40-22-25-55-24-13-14-36-64(55)65)63-49-46-54(47-50-63)56-48-51-68-67-38-15-18-41-70(67)78(73(68)53-56,61-32-9-3-10-33-61)62-34-11-4-12-35-62/h1-53H. The first-order chi connectivity index (χ1) is 39.2. The van der Waals surface area contributed by atoms with Crippen LogP contribution >= 0.6 is 0 Å². The molecule has 13 aromatic rings. The van der Waals surface area contributed by atoms with Gasteiger partial charge >= 0.3 is 0 Å². The van der Waals surface area contributed by atoms with Gasteiger partial charge in [-0.1, -0.05) is 285 Å². The van der Waals surface area contributed by atoms with Crippen LogP contribution in [0.2, 0.25) is 0 Å². The van der Waals surface area contributed by atoms with E-state index in [1.165, 1.54) is 94.2 Å². The fourth-order valence-corrected chi connectivity index (χ4v) is 13.7. The molecular weight excluding hydrogens is 951 g/mol. The Morgan fingerprint density at radius 1 is 0.228 bits per heavy atom. The maximum absolute atomic E-state index is 2.53. The Balaban J connectivity index is 0.940. The maximum Gasteiger partial charge on any atom is 0.0714 e. The zero-order chi connectivity index (χ0) is 52.3. The van der Waals surface area contributed by atoms with E-state index in [9.17, 15) is 0 Å². The summed E-state index contributed by atoms with van der Waals surface area (Å²) < 4.78 is 0. The molecule has 15 rings (SSSR count). The van der Waals surface area contributed by atoms with Gasteiger partial charge in [0, 0.05) is 16.8 Å². The lowest BCUT2D eigenvalue weighted by atomic mass is 9.67. The molecule has 1 nitrogen and oxygen atoms in total. The molecule has 2 aliphatic rings. The number of anilines is 3. The number of nitrogens with zero attached hydrogens (tertiary/aromatic N) is 1. The fourth-order valence-electron chi connectivity index (χ4n) is 13.7. The minimum atomic E-state index is -0.561. The zero-order valence-electron chi connectivity index (χ0n) is 43.5. The summed E-state index contributed by atoms with van der Waals surface area (Å²) in [4.78, 5) is 2.53. The lowest BCUT2D eigenvalue weighted by molar-refractivity contribution is 0.768. The van der Waals surface area contributed by atoms with Crippen molar-refractivity contribution in [3.63, 3.8) is 0 Å². The third-order valence-electron chi connectivity index (χ3n) is 17.0. The molecule has 0 heterocycles. The van der Waals surface area contributed by atoms with Crippen LogP contribution in [0, 0.1) is 0 Å². The van der Waals surface area contributed by atoms with Gasteiger partial charge in [0.2, 0.25) is 0 Å². The number of fused-ring (bicyclic) bond motifs is 7. The molecule has 0 aliphatic heterocycles. The number of rotatable bonds is 10. The topological polar surface area (TPSA) is 3.24 Å². The summed E-state index contributed by atoms with van der Waals surface area (Å²) >= 11 is 0. The minimum absolute atomic E-state index is 0.492. The third kappa shape index (κ3) is 7.17. The summed E-state index contributed by atoms with van der Waals surface area (Å²) in [6, 6.07) is 119. The molecule has 1 heteroatoms. The molecule has 0 atom stereocenters. The number of hydrogen-bond donors (Lipinski definition) is 0. The van der Waals surface area contributed by atoms with Gasteiger partial charge in [0.1, 0.15) is 0 Å². The lowest BCUT2D eigenvalue weighted by Gasteiger charge is -2.34. The van der Waals surface area contributed by atoms with E-state index in [0.29, 0.717) is 0 Å². The van der Waals surface area contributed by atoms with Crippen molar-refractivity contribution in [2.75, 3.05) is 4.90 Å². The van der Waals surface area contributed by atoms with Crippen molar-refractivity contribution < 1.29 is 0 Å². The van der Waals surface area contributed by atoms with Gasteiger partial charge in [0.05, 0.1) is 22.2 Å². The smallest absolute Gasteiger partial charge is 0.0714 e. The van der Waals surface area contributed by atoms with E-state index in [2.05, 4.69) is 326 Å². The van der Waals surface area contributed by atoms with Gasteiger partial charge < -0.3 is 4.90 Å². The molecule has 0 N–H and O–H groups in total. The average Bonchev–Trinajstić information content (AvgIpc) is 3.96. The van der Waals surface area contributed by atoms with Crippen LogP contribution in [0.1, 0.15) is 44.5 Å². The van der Waals surface area contributed by atoms with Crippen LogP contribution in [0.15, 0.2) is 322 Å². The molecule has 0 saturated carbocycles. The van der Waals surface area contributed by atoms with Gasteiger partial charge in [-0.3, -0.25) is 0 Å². The number of hydrogen-bond acceptors (Lipinski definition) is 1. The quantitative estimate of drug-likeness (QED) is 0.132. The molecule has 0 bridgehead atoms. The van der Waals surface area contributed by atoms with Crippen LogP contribution in [0.3, 0.4) is 0 Å². The van der Waals surface area contributed by atoms with E-state index in [-0.39, 0.29) is 0 Å². The van der Waals surface area contributed by atoms with Gasteiger partial charge in [-0.25, -0.2) is 0 Å². The largest absolute Gasteiger partial charge is 0.309 e. The van der Waals surface area contributed by atoms with E-state index in [4.69, 9.17) is 0 Å². The Hall–Kier alpha value is -10.1. The molecular formula is C78H53N. The van der Waals surface area contributed by atoms with Crippen molar-refractivity contribution in [3.8, 4) is 55.6 Å². The molecule has 0 radical (unpaired) electrons.